The average molecular weight is 555 g/mol. The number of carbonyl (C=O) groups is 4. The van der Waals surface area contributed by atoms with Crippen molar-refractivity contribution in [2.45, 2.75) is 26.2 Å². The summed E-state index contributed by atoms with van der Waals surface area (Å²) in [5.41, 5.74) is 5.20. The maximum Gasteiger partial charge on any atom is 0.261 e. The van der Waals surface area contributed by atoms with Crippen LogP contribution in [0.5, 0.6) is 0 Å². The Balaban J connectivity index is 0.945. The molecule has 4 amide bonds. The van der Waals surface area contributed by atoms with E-state index in [1.54, 1.807) is 23.9 Å². The molecular weight excluding hydrogens is 524 g/mol. The van der Waals surface area contributed by atoms with E-state index in [0.29, 0.717) is 41.2 Å². The maximum atomic E-state index is 13.2. The van der Waals surface area contributed by atoms with Gasteiger partial charge in [-0.1, -0.05) is 42.5 Å². The Kier molecular flexibility index (Phi) is 7.29. The first kappa shape index (κ1) is 26.5. The third-order valence-electron chi connectivity index (χ3n) is 7.82. The Morgan fingerprint density at radius 2 is 1.55 bits per heavy atom. The molecule has 1 aliphatic carbocycles. The Bertz CT molecular complexity index is 1590. The highest BCUT2D eigenvalue weighted by Crippen LogP contribution is 2.35. The third-order valence-corrected chi connectivity index (χ3v) is 8.87. The SMILES string of the molecule is Cc1ccc2cccc3c2c1C(=O)N(CCSCCCOCCN1C(=O)C2=CCCc4cccc(c42)C1=O)C3=O. The monoisotopic (exact) mass is 554 g/mol. The van der Waals surface area contributed by atoms with Gasteiger partial charge >= 0.3 is 0 Å². The lowest BCUT2D eigenvalue weighted by molar-refractivity contribution is -0.123. The third kappa shape index (κ3) is 4.55. The van der Waals surface area contributed by atoms with Crippen molar-refractivity contribution >= 4 is 51.7 Å². The molecule has 8 heteroatoms. The fraction of sp³-hybridized carbons (Fsp3) is 0.312. The van der Waals surface area contributed by atoms with E-state index in [1.165, 1.54) is 9.80 Å². The van der Waals surface area contributed by atoms with Gasteiger partial charge in [0.1, 0.15) is 0 Å². The van der Waals surface area contributed by atoms with Crippen molar-refractivity contribution in [3.05, 3.63) is 88.0 Å². The second-order valence-electron chi connectivity index (χ2n) is 10.3. The fourth-order valence-corrected chi connectivity index (χ4v) is 6.69. The zero-order chi connectivity index (χ0) is 27.8. The first-order valence-corrected chi connectivity index (χ1v) is 14.9. The zero-order valence-electron chi connectivity index (χ0n) is 22.4. The molecule has 0 unspecified atom stereocenters. The van der Waals surface area contributed by atoms with Gasteiger partial charge in [0, 0.05) is 46.6 Å². The van der Waals surface area contributed by atoms with E-state index in [9.17, 15) is 19.2 Å². The summed E-state index contributed by atoms with van der Waals surface area (Å²) >= 11 is 1.67. The van der Waals surface area contributed by atoms with Gasteiger partial charge in [-0.05, 0) is 60.6 Å². The summed E-state index contributed by atoms with van der Waals surface area (Å²) in [6, 6.07) is 15.1. The molecule has 0 atom stereocenters. The molecule has 0 saturated heterocycles. The number of benzene rings is 3. The standard InChI is InChI=1S/C32H30N2O5S/c1-20-12-13-22-8-4-11-25-28(22)26(20)32(38)34(31(25)37)15-19-40-18-5-16-39-17-14-33-29(35)23-9-2-6-21-7-3-10-24(27(21)23)30(33)36/h2,4,6,8-13H,3,5,7,14-19H2,1H3. The van der Waals surface area contributed by atoms with Crippen molar-refractivity contribution in [3.63, 3.8) is 0 Å². The van der Waals surface area contributed by atoms with Crippen LogP contribution in [0.2, 0.25) is 0 Å². The van der Waals surface area contributed by atoms with Crippen LogP contribution < -0.4 is 0 Å². The second kappa shape index (κ2) is 11.0. The van der Waals surface area contributed by atoms with Crippen molar-refractivity contribution in [2.75, 3.05) is 37.8 Å². The van der Waals surface area contributed by atoms with Crippen LogP contribution >= 0.6 is 11.8 Å². The molecule has 2 aliphatic heterocycles. The van der Waals surface area contributed by atoms with Crippen molar-refractivity contribution < 1.29 is 23.9 Å². The lowest BCUT2D eigenvalue weighted by Crippen LogP contribution is -2.44. The largest absolute Gasteiger partial charge is 0.380 e. The number of ether oxygens (including phenoxy) is 1. The van der Waals surface area contributed by atoms with Crippen LogP contribution in [0.15, 0.2) is 54.6 Å². The molecule has 3 aromatic carbocycles. The average Bonchev–Trinajstić information content (AvgIpc) is 2.97. The number of carbonyl (C=O) groups excluding carboxylic acids is 4. The number of aryl methyl sites for hydroxylation is 2. The Labute approximate surface area is 237 Å². The minimum atomic E-state index is -0.254. The highest BCUT2D eigenvalue weighted by molar-refractivity contribution is 7.99. The normalized spacial score (nSPS) is 16.1. The van der Waals surface area contributed by atoms with E-state index < -0.39 is 0 Å². The molecule has 0 fully saturated rings. The molecular formula is C32H30N2O5S. The summed E-state index contributed by atoms with van der Waals surface area (Å²) in [6.07, 6.45) is 4.38. The van der Waals surface area contributed by atoms with Gasteiger partial charge in [-0.2, -0.15) is 11.8 Å². The van der Waals surface area contributed by atoms with Gasteiger partial charge in [0.25, 0.3) is 23.6 Å². The molecule has 0 radical (unpaired) electrons. The summed E-state index contributed by atoms with van der Waals surface area (Å²) in [7, 11) is 0. The molecule has 3 aromatic rings. The van der Waals surface area contributed by atoms with E-state index in [2.05, 4.69) is 0 Å². The Hall–Kier alpha value is -3.75. The first-order valence-electron chi connectivity index (χ1n) is 13.7. The van der Waals surface area contributed by atoms with Gasteiger partial charge in [0.15, 0.2) is 0 Å². The van der Waals surface area contributed by atoms with Crippen LogP contribution in [0, 0.1) is 6.92 Å². The number of hydrogen-bond donors (Lipinski definition) is 0. The van der Waals surface area contributed by atoms with Crippen LogP contribution in [-0.4, -0.2) is 71.2 Å². The maximum absolute atomic E-state index is 13.2. The smallest absolute Gasteiger partial charge is 0.261 e. The summed E-state index contributed by atoms with van der Waals surface area (Å²) < 4.78 is 5.75. The molecule has 0 bridgehead atoms. The van der Waals surface area contributed by atoms with Crippen LogP contribution in [0.1, 0.15) is 60.6 Å². The Morgan fingerprint density at radius 3 is 2.42 bits per heavy atom. The molecule has 40 heavy (non-hydrogen) atoms. The second-order valence-corrected chi connectivity index (χ2v) is 11.5. The van der Waals surface area contributed by atoms with Crippen LogP contribution in [0.3, 0.4) is 0 Å². The zero-order valence-corrected chi connectivity index (χ0v) is 23.2. The molecule has 0 N–H and O–H groups in total. The van der Waals surface area contributed by atoms with Crippen LogP contribution in [0.4, 0.5) is 0 Å². The van der Waals surface area contributed by atoms with Gasteiger partial charge in [-0.25, -0.2) is 0 Å². The van der Waals surface area contributed by atoms with Crippen molar-refractivity contribution in [2.24, 2.45) is 0 Å². The summed E-state index contributed by atoms with van der Waals surface area (Å²) in [6.45, 7) is 3.27. The first-order chi connectivity index (χ1) is 19.5. The molecule has 0 spiro atoms. The lowest BCUT2D eigenvalue weighted by atomic mass is 9.83. The van der Waals surface area contributed by atoms with E-state index >= 15 is 0 Å². The number of hydrogen-bond acceptors (Lipinski definition) is 6. The van der Waals surface area contributed by atoms with Crippen LogP contribution in [0.25, 0.3) is 16.3 Å². The van der Waals surface area contributed by atoms with Crippen molar-refractivity contribution in [3.8, 4) is 0 Å². The molecule has 0 saturated carbocycles. The van der Waals surface area contributed by atoms with Crippen molar-refractivity contribution in [1.82, 2.24) is 9.80 Å². The number of rotatable bonds is 10. The van der Waals surface area contributed by atoms with Crippen LogP contribution in [-0.2, 0) is 16.0 Å². The molecule has 0 aromatic heterocycles. The summed E-state index contributed by atoms with van der Waals surface area (Å²) in [4.78, 5) is 54.9. The fourth-order valence-electron chi connectivity index (χ4n) is 5.85. The van der Waals surface area contributed by atoms with E-state index in [0.717, 1.165) is 52.5 Å². The number of allylic oxidation sites excluding steroid dienone is 1. The van der Waals surface area contributed by atoms with Gasteiger partial charge in [0.05, 0.1) is 18.7 Å². The highest BCUT2D eigenvalue weighted by Gasteiger charge is 2.37. The predicted molar refractivity (Wildman–Crippen MR) is 156 cm³/mol. The lowest BCUT2D eigenvalue weighted by Gasteiger charge is -2.31. The minimum Gasteiger partial charge on any atom is -0.380 e. The van der Waals surface area contributed by atoms with Gasteiger partial charge in [0.2, 0.25) is 0 Å². The summed E-state index contributed by atoms with van der Waals surface area (Å²) in [5.74, 6) is 0.506. The van der Waals surface area contributed by atoms with Gasteiger partial charge < -0.3 is 4.74 Å². The molecule has 204 valence electrons. The molecule has 3 aliphatic rings. The van der Waals surface area contributed by atoms with Crippen molar-refractivity contribution in [1.29, 1.82) is 0 Å². The molecule has 2 heterocycles. The number of amides is 4. The number of imide groups is 2. The van der Waals surface area contributed by atoms with E-state index in [1.807, 2.05) is 49.4 Å². The van der Waals surface area contributed by atoms with E-state index in [4.69, 9.17) is 4.74 Å². The summed E-state index contributed by atoms with van der Waals surface area (Å²) in [5, 5.41) is 1.67. The van der Waals surface area contributed by atoms with Gasteiger partial charge in [-0.15, -0.1) is 0 Å². The topological polar surface area (TPSA) is 84.0 Å². The Morgan fingerprint density at radius 1 is 0.775 bits per heavy atom. The molecule has 6 rings (SSSR count). The van der Waals surface area contributed by atoms with E-state index in [-0.39, 0.29) is 36.8 Å². The highest BCUT2D eigenvalue weighted by atomic mass is 32.2. The number of nitrogens with zero attached hydrogens (tertiary/aromatic N) is 2. The predicted octanol–water partition coefficient (Wildman–Crippen LogP) is 4.90. The van der Waals surface area contributed by atoms with Gasteiger partial charge in [-0.3, -0.25) is 29.0 Å². The molecule has 7 nitrogen and oxygen atoms in total. The number of thioether (sulfide) groups is 1. The quantitative estimate of drug-likeness (QED) is 0.262. The minimum absolute atomic E-state index is 0.221.